The van der Waals surface area contributed by atoms with Gasteiger partial charge in [-0.05, 0) is 24.1 Å². The summed E-state index contributed by atoms with van der Waals surface area (Å²) in [5.41, 5.74) is 1.79. The molecule has 1 amide bonds. The number of pyridine rings is 1. The molecule has 2 N–H and O–H groups in total. The quantitative estimate of drug-likeness (QED) is 0.644. The third kappa shape index (κ3) is 5.07. The first-order chi connectivity index (χ1) is 14.0. The van der Waals surface area contributed by atoms with E-state index in [4.69, 9.17) is 4.74 Å². The van der Waals surface area contributed by atoms with E-state index in [0.29, 0.717) is 17.3 Å². The number of ether oxygens (including phenoxy) is 1. The summed E-state index contributed by atoms with van der Waals surface area (Å²) in [5, 5.41) is 3.02. The number of amides is 1. The molecule has 0 aliphatic heterocycles. The number of methoxy groups -OCH3 is 1. The molecule has 2 aromatic heterocycles. The SMILES string of the molecule is COc1ccccc1CC(=O)N[C@@H](c1cc(=O)[nH]c(-c2ccncc2)n1)C(C)C. The fourth-order valence-electron chi connectivity index (χ4n) is 3.11. The molecule has 0 saturated heterocycles. The van der Waals surface area contributed by atoms with Crippen LogP contribution in [0.5, 0.6) is 5.75 Å². The second-order valence-electron chi connectivity index (χ2n) is 7.03. The number of rotatable bonds is 7. The molecule has 1 atom stereocenters. The van der Waals surface area contributed by atoms with E-state index in [1.54, 1.807) is 31.6 Å². The number of hydrogen-bond donors (Lipinski definition) is 2. The number of carbonyl (C=O) groups excluding carboxylic acids is 1. The Morgan fingerprint density at radius 2 is 1.90 bits per heavy atom. The standard InChI is InChI=1S/C22H24N4O3/c1-14(2)21(25-19(27)12-16-6-4-5-7-18(16)29-3)17-13-20(28)26-22(24-17)15-8-10-23-11-9-15/h4-11,13-14,21H,12H2,1-3H3,(H,25,27)(H,24,26,28)/t21-/m1/s1. The highest BCUT2D eigenvalue weighted by molar-refractivity contribution is 5.79. The van der Waals surface area contributed by atoms with Gasteiger partial charge in [-0.15, -0.1) is 0 Å². The van der Waals surface area contributed by atoms with Crippen molar-refractivity contribution in [3.63, 3.8) is 0 Å². The maximum atomic E-state index is 12.7. The number of hydrogen-bond acceptors (Lipinski definition) is 5. The molecule has 0 unspecified atom stereocenters. The van der Waals surface area contributed by atoms with Crippen molar-refractivity contribution in [2.24, 2.45) is 5.92 Å². The Labute approximate surface area is 169 Å². The Morgan fingerprint density at radius 1 is 1.17 bits per heavy atom. The molecule has 1 aromatic carbocycles. The van der Waals surface area contributed by atoms with E-state index in [9.17, 15) is 9.59 Å². The molecule has 0 saturated carbocycles. The smallest absolute Gasteiger partial charge is 0.251 e. The lowest BCUT2D eigenvalue weighted by Crippen LogP contribution is -2.34. The van der Waals surface area contributed by atoms with Crippen molar-refractivity contribution in [2.75, 3.05) is 7.11 Å². The number of para-hydroxylation sites is 1. The minimum atomic E-state index is -0.403. The van der Waals surface area contributed by atoms with Crippen LogP contribution < -0.4 is 15.6 Å². The average Bonchev–Trinajstić information content (AvgIpc) is 2.72. The maximum Gasteiger partial charge on any atom is 0.251 e. The van der Waals surface area contributed by atoms with Crippen molar-refractivity contribution in [1.29, 1.82) is 0 Å². The van der Waals surface area contributed by atoms with Gasteiger partial charge in [0, 0.05) is 29.6 Å². The van der Waals surface area contributed by atoms with E-state index in [1.807, 2.05) is 38.1 Å². The highest BCUT2D eigenvalue weighted by Crippen LogP contribution is 2.23. The summed E-state index contributed by atoms with van der Waals surface area (Å²) in [6.45, 7) is 3.95. The first-order valence-corrected chi connectivity index (χ1v) is 9.41. The Kier molecular flexibility index (Phi) is 6.39. The number of nitrogens with zero attached hydrogens (tertiary/aromatic N) is 2. The summed E-state index contributed by atoms with van der Waals surface area (Å²) in [5.74, 6) is 0.981. The number of nitrogens with one attached hydrogen (secondary N) is 2. The molecule has 0 aliphatic rings. The van der Waals surface area contributed by atoms with E-state index in [-0.39, 0.29) is 23.8 Å². The number of H-pyrrole nitrogens is 1. The monoisotopic (exact) mass is 392 g/mol. The van der Waals surface area contributed by atoms with E-state index < -0.39 is 6.04 Å². The molecule has 0 spiro atoms. The summed E-state index contributed by atoms with van der Waals surface area (Å²) in [7, 11) is 1.58. The topological polar surface area (TPSA) is 97.0 Å². The van der Waals surface area contributed by atoms with Crippen molar-refractivity contribution in [2.45, 2.75) is 26.3 Å². The van der Waals surface area contributed by atoms with Gasteiger partial charge in [0.25, 0.3) is 5.56 Å². The second-order valence-corrected chi connectivity index (χ2v) is 7.03. The van der Waals surface area contributed by atoms with Gasteiger partial charge >= 0.3 is 0 Å². The third-order valence-electron chi connectivity index (χ3n) is 4.56. The Bertz CT molecular complexity index is 1030. The molecular weight excluding hydrogens is 368 g/mol. The van der Waals surface area contributed by atoms with Gasteiger partial charge in [0.2, 0.25) is 5.91 Å². The molecule has 2 heterocycles. The van der Waals surface area contributed by atoms with Crippen LogP contribution in [0.3, 0.4) is 0 Å². The number of aromatic nitrogens is 3. The molecule has 0 fully saturated rings. The Hall–Kier alpha value is -3.48. The number of carbonyl (C=O) groups is 1. The molecule has 3 aromatic rings. The summed E-state index contributed by atoms with van der Waals surface area (Å²) in [4.78, 5) is 36.3. The van der Waals surface area contributed by atoms with E-state index in [1.165, 1.54) is 6.07 Å². The van der Waals surface area contributed by atoms with Crippen molar-refractivity contribution >= 4 is 5.91 Å². The van der Waals surface area contributed by atoms with E-state index >= 15 is 0 Å². The van der Waals surface area contributed by atoms with Crippen LogP contribution in [0, 0.1) is 5.92 Å². The van der Waals surface area contributed by atoms with E-state index in [0.717, 1.165) is 11.1 Å². The zero-order valence-corrected chi connectivity index (χ0v) is 16.7. The lowest BCUT2D eigenvalue weighted by Gasteiger charge is -2.22. The average molecular weight is 392 g/mol. The molecule has 0 radical (unpaired) electrons. The molecule has 7 nitrogen and oxygen atoms in total. The van der Waals surface area contributed by atoms with Crippen LogP contribution in [0.25, 0.3) is 11.4 Å². The maximum absolute atomic E-state index is 12.7. The normalized spacial score (nSPS) is 11.9. The van der Waals surface area contributed by atoms with Crippen molar-refractivity contribution < 1.29 is 9.53 Å². The van der Waals surface area contributed by atoms with Gasteiger partial charge in [-0.3, -0.25) is 14.6 Å². The van der Waals surface area contributed by atoms with Gasteiger partial charge in [0.05, 0.1) is 25.3 Å². The molecular formula is C22H24N4O3. The van der Waals surface area contributed by atoms with Crippen molar-refractivity contribution in [1.82, 2.24) is 20.3 Å². The van der Waals surface area contributed by atoms with E-state index in [2.05, 4.69) is 20.3 Å². The molecule has 29 heavy (non-hydrogen) atoms. The molecule has 7 heteroatoms. The van der Waals surface area contributed by atoms with Crippen LogP contribution in [-0.2, 0) is 11.2 Å². The first-order valence-electron chi connectivity index (χ1n) is 9.41. The van der Waals surface area contributed by atoms with Gasteiger partial charge in [-0.2, -0.15) is 0 Å². The van der Waals surface area contributed by atoms with Gasteiger partial charge in [0.15, 0.2) is 0 Å². The lowest BCUT2D eigenvalue weighted by molar-refractivity contribution is -0.121. The highest BCUT2D eigenvalue weighted by Gasteiger charge is 2.22. The zero-order chi connectivity index (χ0) is 20.8. The second kappa shape index (κ2) is 9.14. The van der Waals surface area contributed by atoms with Crippen molar-refractivity contribution in [3.05, 3.63) is 76.5 Å². The minimum Gasteiger partial charge on any atom is -0.496 e. The number of benzene rings is 1. The predicted molar refractivity (Wildman–Crippen MR) is 111 cm³/mol. The van der Waals surface area contributed by atoms with Crippen LogP contribution in [0.1, 0.15) is 31.1 Å². The molecule has 0 bridgehead atoms. The molecule has 0 aliphatic carbocycles. The number of aromatic amines is 1. The van der Waals surface area contributed by atoms with Gasteiger partial charge in [0.1, 0.15) is 11.6 Å². The first kappa shape index (κ1) is 20.3. The molecule has 150 valence electrons. The molecule has 3 rings (SSSR count). The summed E-state index contributed by atoms with van der Waals surface area (Å²) < 4.78 is 5.32. The van der Waals surface area contributed by atoms with Crippen LogP contribution in [-0.4, -0.2) is 28.0 Å². The van der Waals surface area contributed by atoms with Crippen LogP contribution in [0.2, 0.25) is 0 Å². The van der Waals surface area contributed by atoms with Gasteiger partial charge in [-0.1, -0.05) is 32.0 Å². The predicted octanol–water partition coefficient (Wildman–Crippen LogP) is 2.90. The Balaban J connectivity index is 1.86. The van der Waals surface area contributed by atoms with Gasteiger partial charge < -0.3 is 15.0 Å². The fraction of sp³-hybridized carbons (Fsp3) is 0.273. The summed E-state index contributed by atoms with van der Waals surface area (Å²) in [6.07, 6.45) is 3.45. The minimum absolute atomic E-state index is 0.0382. The summed E-state index contributed by atoms with van der Waals surface area (Å²) in [6, 6.07) is 12.0. The lowest BCUT2D eigenvalue weighted by atomic mass is 9.99. The fourth-order valence-corrected chi connectivity index (χ4v) is 3.11. The largest absolute Gasteiger partial charge is 0.496 e. The van der Waals surface area contributed by atoms with Crippen molar-refractivity contribution in [3.8, 4) is 17.1 Å². The zero-order valence-electron chi connectivity index (χ0n) is 16.7. The Morgan fingerprint density at radius 3 is 2.59 bits per heavy atom. The third-order valence-corrected chi connectivity index (χ3v) is 4.56. The van der Waals surface area contributed by atoms with Crippen LogP contribution >= 0.6 is 0 Å². The van der Waals surface area contributed by atoms with Crippen LogP contribution in [0.4, 0.5) is 0 Å². The summed E-state index contributed by atoms with van der Waals surface area (Å²) >= 11 is 0. The van der Waals surface area contributed by atoms with Gasteiger partial charge in [-0.25, -0.2) is 4.98 Å². The van der Waals surface area contributed by atoms with Crippen LogP contribution in [0.15, 0.2) is 59.7 Å². The highest BCUT2D eigenvalue weighted by atomic mass is 16.5.